The Bertz CT molecular complexity index is 475. The van der Waals surface area contributed by atoms with E-state index in [-0.39, 0.29) is 0 Å². The van der Waals surface area contributed by atoms with Crippen molar-refractivity contribution in [3.05, 3.63) is 66.2 Å². The maximum Gasteiger partial charge on any atom is 0.133 e. The fourth-order valence-electron chi connectivity index (χ4n) is 2.30. The molecule has 0 aliphatic rings. The second kappa shape index (κ2) is 5.36. The van der Waals surface area contributed by atoms with Crippen LogP contribution in [0.25, 0.3) is 0 Å². The van der Waals surface area contributed by atoms with Crippen molar-refractivity contribution in [3.8, 4) is 0 Å². The highest BCUT2D eigenvalue weighted by atomic mass is 15.4. The SMILES string of the molecule is CC(C)[N@+](C)(Cc1ccccc1)c1ccccc1. The molecule has 18 heavy (non-hydrogen) atoms. The van der Waals surface area contributed by atoms with Gasteiger partial charge in [0.15, 0.2) is 0 Å². The first-order valence-electron chi connectivity index (χ1n) is 6.57. The molecule has 1 nitrogen and oxygen atoms in total. The van der Waals surface area contributed by atoms with Gasteiger partial charge in [0.05, 0.1) is 13.1 Å². The van der Waals surface area contributed by atoms with Crippen LogP contribution in [0.2, 0.25) is 0 Å². The normalized spacial score (nSPS) is 14.4. The van der Waals surface area contributed by atoms with Crippen LogP contribution < -0.4 is 4.48 Å². The van der Waals surface area contributed by atoms with Crippen LogP contribution in [0.15, 0.2) is 60.7 Å². The van der Waals surface area contributed by atoms with Crippen molar-refractivity contribution in [2.75, 3.05) is 7.05 Å². The number of nitrogens with zero attached hydrogens (tertiary/aromatic N) is 1. The largest absolute Gasteiger partial charge is 0.288 e. The Balaban J connectivity index is 2.34. The number of rotatable bonds is 4. The van der Waals surface area contributed by atoms with E-state index in [0.717, 1.165) is 11.0 Å². The summed E-state index contributed by atoms with van der Waals surface area (Å²) in [5, 5.41) is 0. The molecule has 0 saturated heterocycles. The molecule has 2 rings (SSSR count). The zero-order valence-corrected chi connectivity index (χ0v) is 11.5. The first-order chi connectivity index (χ1) is 8.63. The summed E-state index contributed by atoms with van der Waals surface area (Å²) in [6.45, 7) is 5.61. The van der Waals surface area contributed by atoms with Gasteiger partial charge in [-0.05, 0) is 26.0 Å². The second-order valence-electron chi connectivity index (χ2n) is 5.34. The van der Waals surface area contributed by atoms with Crippen molar-refractivity contribution in [1.29, 1.82) is 0 Å². The molecular weight excluding hydrogens is 218 g/mol. The summed E-state index contributed by atoms with van der Waals surface area (Å²) in [5.74, 6) is 0. The van der Waals surface area contributed by atoms with Gasteiger partial charge >= 0.3 is 0 Å². The predicted octanol–water partition coefficient (Wildman–Crippen LogP) is 4.23. The number of hydrogen-bond donors (Lipinski definition) is 0. The molecule has 94 valence electrons. The van der Waals surface area contributed by atoms with Gasteiger partial charge in [-0.25, -0.2) is 0 Å². The van der Waals surface area contributed by atoms with Crippen molar-refractivity contribution in [2.45, 2.75) is 26.4 Å². The van der Waals surface area contributed by atoms with Crippen LogP contribution in [-0.4, -0.2) is 13.1 Å². The van der Waals surface area contributed by atoms with Crippen molar-refractivity contribution in [2.24, 2.45) is 0 Å². The average Bonchev–Trinajstić information content (AvgIpc) is 2.40. The molecule has 2 aromatic carbocycles. The maximum atomic E-state index is 2.31. The molecule has 1 heteroatoms. The summed E-state index contributed by atoms with van der Waals surface area (Å²) in [5.41, 5.74) is 2.76. The third-order valence-corrected chi connectivity index (χ3v) is 3.84. The summed E-state index contributed by atoms with van der Waals surface area (Å²) in [6.07, 6.45) is 0. The number of hydrogen-bond acceptors (Lipinski definition) is 0. The highest BCUT2D eigenvalue weighted by Gasteiger charge is 2.28. The molecule has 0 N–H and O–H groups in total. The van der Waals surface area contributed by atoms with E-state index in [2.05, 4.69) is 81.6 Å². The third-order valence-electron chi connectivity index (χ3n) is 3.84. The lowest BCUT2D eigenvalue weighted by Crippen LogP contribution is -2.50. The Morgan fingerprint density at radius 1 is 0.833 bits per heavy atom. The number of quaternary nitrogens is 1. The predicted molar refractivity (Wildman–Crippen MR) is 79.4 cm³/mol. The highest BCUT2D eigenvalue weighted by molar-refractivity contribution is 5.43. The first kappa shape index (κ1) is 12.8. The van der Waals surface area contributed by atoms with Crippen LogP contribution in [0.5, 0.6) is 0 Å². The molecule has 0 bridgehead atoms. The molecule has 0 fully saturated rings. The molecular formula is C17H22N+. The Labute approximate surface area is 110 Å². The Hall–Kier alpha value is -1.60. The Morgan fingerprint density at radius 3 is 1.83 bits per heavy atom. The van der Waals surface area contributed by atoms with E-state index < -0.39 is 0 Å². The van der Waals surface area contributed by atoms with Crippen LogP contribution in [0.3, 0.4) is 0 Å². The molecule has 2 aromatic rings. The van der Waals surface area contributed by atoms with E-state index in [1.54, 1.807) is 0 Å². The van der Waals surface area contributed by atoms with Crippen molar-refractivity contribution < 1.29 is 0 Å². The molecule has 0 aromatic heterocycles. The van der Waals surface area contributed by atoms with Gasteiger partial charge in [0, 0.05) is 5.56 Å². The average molecular weight is 240 g/mol. The van der Waals surface area contributed by atoms with Crippen LogP contribution in [0, 0.1) is 0 Å². The van der Waals surface area contributed by atoms with Gasteiger partial charge in [-0.3, -0.25) is 4.48 Å². The van der Waals surface area contributed by atoms with Crippen molar-refractivity contribution >= 4 is 5.69 Å². The minimum atomic E-state index is 0.549. The van der Waals surface area contributed by atoms with Gasteiger partial charge in [-0.15, -0.1) is 0 Å². The van der Waals surface area contributed by atoms with Crippen LogP contribution in [0.4, 0.5) is 5.69 Å². The molecule has 0 spiro atoms. The van der Waals surface area contributed by atoms with E-state index in [9.17, 15) is 0 Å². The second-order valence-corrected chi connectivity index (χ2v) is 5.34. The lowest BCUT2D eigenvalue weighted by Gasteiger charge is -2.38. The Morgan fingerprint density at radius 2 is 1.33 bits per heavy atom. The third kappa shape index (κ3) is 2.62. The van der Waals surface area contributed by atoms with Crippen LogP contribution in [0.1, 0.15) is 19.4 Å². The fourth-order valence-corrected chi connectivity index (χ4v) is 2.30. The molecule has 0 saturated carbocycles. The lowest BCUT2D eigenvalue weighted by molar-refractivity contribution is 0.263. The van der Waals surface area contributed by atoms with Crippen molar-refractivity contribution in [3.63, 3.8) is 0 Å². The highest BCUT2D eigenvalue weighted by Crippen LogP contribution is 2.26. The molecule has 0 amide bonds. The van der Waals surface area contributed by atoms with E-state index >= 15 is 0 Å². The quantitative estimate of drug-likeness (QED) is 0.701. The molecule has 1 atom stereocenters. The van der Waals surface area contributed by atoms with Gasteiger partial charge in [0.25, 0.3) is 0 Å². The van der Waals surface area contributed by atoms with Crippen molar-refractivity contribution in [1.82, 2.24) is 4.48 Å². The van der Waals surface area contributed by atoms with Crippen LogP contribution in [-0.2, 0) is 6.54 Å². The van der Waals surface area contributed by atoms with E-state index in [1.165, 1.54) is 11.3 Å². The first-order valence-corrected chi connectivity index (χ1v) is 6.57. The van der Waals surface area contributed by atoms with Gasteiger partial charge in [-0.1, -0.05) is 48.5 Å². The summed E-state index contributed by atoms with van der Waals surface area (Å²) in [7, 11) is 2.31. The molecule has 0 unspecified atom stereocenters. The molecule has 0 radical (unpaired) electrons. The summed E-state index contributed by atoms with van der Waals surface area (Å²) < 4.78 is 0.935. The smallest absolute Gasteiger partial charge is 0.133 e. The zero-order valence-electron chi connectivity index (χ0n) is 11.5. The van der Waals surface area contributed by atoms with Gasteiger partial charge < -0.3 is 0 Å². The summed E-state index contributed by atoms with van der Waals surface area (Å²) >= 11 is 0. The minimum absolute atomic E-state index is 0.549. The lowest BCUT2D eigenvalue weighted by atomic mass is 10.1. The number of para-hydroxylation sites is 1. The summed E-state index contributed by atoms with van der Waals surface area (Å²) in [6, 6.07) is 22.1. The maximum absolute atomic E-state index is 2.31. The van der Waals surface area contributed by atoms with Gasteiger partial charge in [0.1, 0.15) is 12.2 Å². The Kier molecular flexibility index (Phi) is 3.83. The van der Waals surface area contributed by atoms with Gasteiger partial charge in [-0.2, -0.15) is 0 Å². The summed E-state index contributed by atoms with van der Waals surface area (Å²) in [4.78, 5) is 0. The molecule has 0 aliphatic heterocycles. The van der Waals surface area contributed by atoms with E-state index in [4.69, 9.17) is 0 Å². The van der Waals surface area contributed by atoms with E-state index in [1.807, 2.05) is 0 Å². The molecule has 0 aliphatic carbocycles. The number of benzene rings is 2. The van der Waals surface area contributed by atoms with Crippen LogP contribution >= 0.6 is 0 Å². The zero-order chi connectivity index (χ0) is 13.0. The molecule has 0 heterocycles. The monoisotopic (exact) mass is 240 g/mol. The fraction of sp³-hybridized carbons (Fsp3) is 0.294. The topological polar surface area (TPSA) is 0 Å². The standard InChI is InChI=1S/C17H22N/c1-15(2)18(3,17-12-8-5-9-13-17)14-16-10-6-4-7-11-16/h4-13,15H,14H2,1-3H3/q+1/t18-/m0/s1. The van der Waals surface area contributed by atoms with E-state index in [0.29, 0.717) is 6.04 Å². The minimum Gasteiger partial charge on any atom is -0.288 e. The van der Waals surface area contributed by atoms with Gasteiger partial charge in [0.2, 0.25) is 0 Å².